The number of unbranched alkanes of at least 4 members (excludes halogenated alkanes) is 8. The van der Waals surface area contributed by atoms with E-state index in [0.29, 0.717) is 6.42 Å². The second-order valence-corrected chi connectivity index (χ2v) is 13.3. The Labute approximate surface area is 326 Å². The van der Waals surface area contributed by atoms with Crippen LogP contribution in [-0.4, -0.2) is 34.9 Å². The number of rotatable bonds is 35. The minimum absolute atomic E-state index is 0.105. The van der Waals surface area contributed by atoms with Crippen LogP contribution in [0.25, 0.3) is 0 Å². The summed E-state index contributed by atoms with van der Waals surface area (Å²) in [5.74, 6) is -0.105. The van der Waals surface area contributed by atoms with Gasteiger partial charge in [-0.15, -0.1) is 0 Å². The van der Waals surface area contributed by atoms with Crippen molar-refractivity contribution < 1.29 is 15.0 Å². The summed E-state index contributed by atoms with van der Waals surface area (Å²) in [6, 6.07) is -0.657. The summed E-state index contributed by atoms with van der Waals surface area (Å²) in [5.41, 5.74) is 0. The van der Waals surface area contributed by atoms with Gasteiger partial charge in [-0.25, -0.2) is 0 Å². The summed E-state index contributed by atoms with van der Waals surface area (Å²) in [5, 5.41) is 22.7. The van der Waals surface area contributed by atoms with Gasteiger partial charge in [0.1, 0.15) is 0 Å². The van der Waals surface area contributed by atoms with Crippen LogP contribution >= 0.6 is 0 Å². The maximum Gasteiger partial charge on any atom is 0.220 e. The van der Waals surface area contributed by atoms with E-state index in [-0.39, 0.29) is 12.5 Å². The third-order valence-electron chi connectivity index (χ3n) is 8.37. The maximum absolute atomic E-state index is 12.3. The number of aliphatic hydroxyl groups excluding tert-OH is 2. The molecule has 0 aliphatic carbocycles. The van der Waals surface area contributed by atoms with Gasteiger partial charge in [0.05, 0.1) is 18.8 Å². The molecule has 0 spiro atoms. The summed E-state index contributed by atoms with van der Waals surface area (Å²) in [7, 11) is 0. The van der Waals surface area contributed by atoms with Crippen LogP contribution in [-0.2, 0) is 4.79 Å². The lowest BCUT2D eigenvalue weighted by Gasteiger charge is -2.19. The zero-order valence-electron chi connectivity index (χ0n) is 33.7. The quantitative estimate of drug-likeness (QED) is 0.0450. The Bertz CT molecular complexity index is 1140. The van der Waals surface area contributed by atoms with Crippen LogP contribution in [0.4, 0.5) is 0 Å². The van der Waals surface area contributed by atoms with Gasteiger partial charge in [-0.1, -0.05) is 180 Å². The Morgan fingerprint density at radius 1 is 0.472 bits per heavy atom. The fraction of sp³-hybridized carbons (Fsp3) is 0.531. The van der Waals surface area contributed by atoms with Crippen molar-refractivity contribution in [2.75, 3.05) is 6.61 Å². The molecule has 296 valence electrons. The van der Waals surface area contributed by atoms with E-state index in [2.05, 4.69) is 141 Å². The third-order valence-corrected chi connectivity index (χ3v) is 8.37. The molecule has 0 heterocycles. The number of hydrogen-bond donors (Lipinski definition) is 3. The van der Waals surface area contributed by atoms with Crippen LogP contribution in [0.1, 0.15) is 149 Å². The molecule has 0 aliphatic heterocycles. The number of aliphatic hydroxyl groups is 2. The lowest BCUT2D eigenvalue weighted by Crippen LogP contribution is -2.45. The van der Waals surface area contributed by atoms with E-state index < -0.39 is 12.1 Å². The molecule has 0 saturated carbocycles. The van der Waals surface area contributed by atoms with E-state index >= 15 is 0 Å². The molecule has 0 aromatic carbocycles. The Morgan fingerprint density at radius 3 is 1.32 bits per heavy atom. The van der Waals surface area contributed by atoms with E-state index in [1.165, 1.54) is 25.7 Å². The summed E-state index contributed by atoms with van der Waals surface area (Å²) in [4.78, 5) is 12.3. The van der Waals surface area contributed by atoms with Crippen LogP contribution in [0.2, 0.25) is 0 Å². The first-order chi connectivity index (χ1) is 26.2. The molecule has 1 amide bonds. The smallest absolute Gasteiger partial charge is 0.220 e. The second-order valence-electron chi connectivity index (χ2n) is 13.3. The van der Waals surface area contributed by atoms with Crippen molar-refractivity contribution in [3.05, 3.63) is 134 Å². The van der Waals surface area contributed by atoms with Crippen LogP contribution < -0.4 is 5.32 Å². The Hall–Kier alpha value is -3.47. The number of carbonyl (C=O) groups excluding carboxylic acids is 1. The van der Waals surface area contributed by atoms with Gasteiger partial charge < -0.3 is 15.5 Å². The minimum Gasteiger partial charge on any atom is -0.394 e. The first-order valence-corrected chi connectivity index (χ1v) is 20.9. The number of carbonyl (C=O) groups is 1. The molecule has 4 nitrogen and oxygen atoms in total. The molecule has 2 atom stereocenters. The highest BCUT2D eigenvalue weighted by Gasteiger charge is 2.17. The van der Waals surface area contributed by atoms with Crippen molar-refractivity contribution in [1.29, 1.82) is 0 Å². The van der Waals surface area contributed by atoms with E-state index in [1.807, 2.05) is 6.08 Å². The fourth-order valence-electron chi connectivity index (χ4n) is 5.17. The standard InChI is InChI=1S/C49H77NO3/c1-3-5-7-9-11-13-14-15-16-17-18-19-20-21-22-23-24-25-26-27-28-29-30-31-32-33-34-35-36-37-39-41-43-45-49(53)50-47(46-51)48(52)44-42-40-38-12-10-8-6-4-2/h5,7,10-13,15-16,18-19,21-22,24-25,27-28,30-31,33-34,42,44,47-48,51-52H,3-4,6,8-9,14,17,20,23,26,29,32,35-41,43,45-46H2,1-2H3,(H,50,53)/b7-5-,12-10+,13-11-,16-15-,19-18-,22-21-,25-24-,28-27-,31-30-,34-33-,44-42+. The van der Waals surface area contributed by atoms with Crippen LogP contribution in [0, 0.1) is 0 Å². The maximum atomic E-state index is 12.3. The Morgan fingerprint density at radius 2 is 0.849 bits per heavy atom. The van der Waals surface area contributed by atoms with E-state index in [1.54, 1.807) is 6.08 Å². The molecule has 53 heavy (non-hydrogen) atoms. The van der Waals surface area contributed by atoms with Crippen LogP contribution in [0.5, 0.6) is 0 Å². The van der Waals surface area contributed by atoms with Crippen molar-refractivity contribution in [2.24, 2.45) is 0 Å². The van der Waals surface area contributed by atoms with Gasteiger partial charge in [0, 0.05) is 6.42 Å². The Balaban J connectivity index is 3.72. The summed E-state index contributed by atoms with van der Waals surface area (Å²) in [6.07, 6.45) is 68.5. The summed E-state index contributed by atoms with van der Waals surface area (Å²) < 4.78 is 0. The van der Waals surface area contributed by atoms with Gasteiger partial charge >= 0.3 is 0 Å². The van der Waals surface area contributed by atoms with E-state index in [4.69, 9.17) is 0 Å². The number of amides is 1. The van der Waals surface area contributed by atoms with Gasteiger partial charge in [0.25, 0.3) is 0 Å². The zero-order chi connectivity index (χ0) is 38.6. The number of hydrogen-bond acceptors (Lipinski definition) is 3. The normalized spacial score (nSPS) is 14.4. The molecule has 0 aliphatic rings. The van der Waals surface area contributed by atoms with Crippen molar-refractivity contribution in [1.82, 2.24) is 5.32 Å². The first-order valence-electron chi connectivity index (χ1n) is 20.9. The number of allylic oxidation sites excluding steroid dienone is 21. The lowest BCUT2D eigenvalue weighted by atomic mass is 10.1. The summed E-state index contributed by atoms with van der Waals surface area (Å²) in [6.45, 7) is 4.07. The largest absolute Gasteiger partial charge is 0.394 e. The second kappa shape index (κ2) is 42.9. The summed E-state index contributed by atoms with van der Waals surface area (Å²) >= 11 is 0. The monoisotopic (exact) mass is 728 g/mol. The molecule has 0 aromatic heterocycles. The van der Waals surface area contributed by atoms with Crippen molar-refractivity contribution >= 4 is 5.91 Å². The molecule has 0 fully saturated rings. The van der Waals surface area contributed by atoms with Crippen LogP contribution in [0.15, 0.2) is 134 Å². The van der Waals surface area contributed by atoms with Gasteiger partial charge in [-0.2, -0.15) is 0 Å². The average Bonchev–Trinajstić information content (AvgIpc) is 3.16. The lowest BCUT2D eigenvalue weighted by molar-refractivity contribution is -0.123. The molecule has 0 bridgehead atoms. The van der Waals surface area contributed by atoms with Gasteiger partial charge in [-0.3, -0.25) is 4.79 Å². The van der Waals surface area contributed by atoms with Gasteiger partial charge in [-0.05, 0) is 96.3 Å². The van der Waals surface area contributed by atoms with E-state index in [9.17, 15) is 15.0 Å². The molecular formula is C49H77NO3. The van der Waals surface area contributed by atoms with Gasteiger partial charge in [0.15, 0.2) is 0 Å². The van der Waals surface area contributed by atoms with E-state index in [0.717, 1.165) is 103 Å². The average molecular weight is 728 g/mol. The van der Waals surface area contributed by atoms with Crippen molar-refractivity contribution in [3.63, 3.8) is 0 Å². The predicted molar refractivity (Wildman–Crippen MR) is 234 cm³/mol. The highest BCUT2D eigenvalue weighted by molar-refractivity contribution is 5.76. The SMILES string of the molecule is CC/C=C\C/C=C\C/C=C\C/C=C\C/C=C\C/C=C\C/C=C\C/C=C\C/C=C\CCCCCCCC(=O)NC(CO)C(O)/C=C/CC/C=C/CCCC. The fourth-order valence-corrected chi connectivity index (χ4v) is 5.17. The first kappa shape index (κ1) is 49.5. The molecule has 0 aromatic rings. The highest BCUT2D eigenvalue weighted by Crippen LogP contribution is 2.09. The zero-order valence-corrected chi connectivity index (χ0v) is 33.7. The van der Waals surface area contributed by atoms with Crippen molar-refractivity contribution in [3.8, 4) is 0 Å². The molecule has 0 radical (unpaired) electrons. The molecule has 0 saturated heterocycles. The molecule has 4 heteroatoms. The molecule has 2 unspecified atom stereocenters. The predicted octanol–water partition coefficient (Wildman–Crippen LogP) is 13.2. The molecule has 3 N–H and O–H groups in total. The van der Waals surface area contributed by atoms with Gasteiger partial charge in [0.2, 0.25) is 5.91 Å². The van der Waals surface area contributed by atoms with Crippen molar-refractivity contribution in [2.45, 2.75) is 161 Å². The Kier molecular flexibility index (Phi) is 40.1. The highest BCUT2D eigenvalue weighted by atomic mass is 16.3. The minimum atomic E-state index is -0.877. The number of nitrogens with one attached hydrogen (secondary N) is 1. The molecule has 0 rings (SSSR count). The third kappa shape index (κ3) is 39.6. The topological polar surface area (TPSA) is 69.6 Å². The molecular weight excluding hydrogens is 651 g/mol. The van der Waals surface area contributed by atoms with Crippen LogP contribution in [0.3, 0.4) is 0 Å².